The number of rotatable bonds is 6. The molecule has 0 bridgehead atoms. The van der Waals surface area contributed by atoms with Gasteiger partial charge in [0.25, 0.3) is 22.7 Å². The zero-order valence-electron chi connectivity index (χ0n) is 25.8. The molecule has 4 heterocycles. The van der Waals surface area contributed by atoms with Crippen LogP contribution in [0.1, 0.15) is 11.1 Å². The van der Waals surface area contributed by atoms with Gasteiger partial charge < -0.3 is 8.83 Å². The Kier molecular flexibility index (Phi) is 15.9. The summed E-state index contributed by atoms with van der Waals surface area (Å²) in [6.07, 6.45) is 13.1. The molecular weight excluding hydrogens is 910 g/mol. The molecule has 0 aliphatic carbocycles. The Morgan fingerprint density at radius 3 is 1.06 bits per heavy atom. The maximum Gasteiger partial charge on any atom is 0.277 e. The van der Waals surface area contributed by atoms with Gasteiger partial charge in [0.1, 0.15) is 24.2 Å². The van der Waals surface area contributed by atoms with Crippen molar-refractivity contribution in [3.63, 3.8) is 0 Å². The third kappa shape index (κ3) is 13.0. The van der Waals surface area contributed by atoms with Crippen molar-refractivity contribution in [1.29, 1.82) is 0 Å². The molecule has 0 unspecified atom stereocenters. The van der Waals surface area contributed by atoms with E-state index < -0.39 is 19.7 Å². The minimum Gasteiger partial charge on any atom is -0.464 e. The maximum absolute atomic E-state index is 10.5. The van der Waals surface area contributed by atoms with E-state index in [-0.39, 0.29) is 33.9 Å². The van der Waals surface area contributed by atoms with Crippen molar-refractivity contribution >= 4 is 67.9 Å². The van der Waals surface area contributed by atoms with Gasteiger partial charge in [-0.3, -0.25) is 40.5 Å². The Hall–Kier alpha value is -6.66. The largest absolute Gasteiger partial charge is 0.464 e. The highest BCUT2D eigenvalue weighted by molar-refractivity contribution is 14.1. The number of aromatic nitrogens is 4. The van der Waals surface area contributed by atoms with E-state index in [1.54, 1.807) is 82.5 Å². The highest BCUT2D eigenvalue weighted by atomic mass is 127. The Balaban J connectivity index is 0.000000188. The number of nitro groups is 4. The van der Waals surface area contributed by atoms with Gasteiger partial charge in [-0.05, 0) is 32.1 Å². The van der Waals surface area contributed by atoms with Gasteiger partial charge in [-0.1, -0.05) is 11.8 Å². The normalized spacial score (nSPS) is 9.27. The Labute approximate surface area is 319 Å². The van der Waals surface area contributed by atoms with Crippen molar-refractivity contribution in [2.24, 2.45) is 0 Å². The fourth-order valence-corrected chi connectivity index (χ4v) is 4.23. The third-order valence-electron chi connectivity index (χ3n) is 5.76. The summed E-state index contributed by atoms with van der Waals surface area (Å²) in [4.78, 5) is 54.6. The lowest BCUT2D eigenvalue weighted by Gasteiger charge is -1.94. The average Bonchev–Trinajstić information content (AvgIpc) is 3.89. The molecule has 18 nitrogen and oxygen atoms in total. The first kappa shape index (κ1) is 39.8. The van der Waals surface area contributed by atoms with Gasteiger partial charge in [0.2, 0.25) is 0 Å². The quantitative estimate of drug-likeness (QED) is 0.0665. The minimum absolute atomic E-state index is 0.255. The number of furan rings is 2. The molecule has 2 aromatic carbocycles. The fraction of sp³-hybridized carbons (Fsp3) is 0. The number of non-ortho nitro benzene ring substituents is 4. The smallest absolute Gasteiger partial charge is 0.277 e. The standard InChI is InChI=1S/2C8H3IN2O4.2C8H6N2O/c2*9-2-1-6-3-7(10(12)13)5-8(4-6)11(14)15;2*1-2-8(11-3-1)7-4-9-6-10-5-7/h2*3-5H;2*1-6H. The molecule has 0 N–H and O–H groups in total. The van der Waals surface area contributed by atoms with Crippen molar-refractivity contribution in [3.05, 3.63) is 162 Å². The first-order valence-electron chi connectivity index (χ1n) is 13.7. The van der Waals surface area contributed by atoms with E-state index in [4.69, 9.17) is 8.83 Å². The third-order valence-corrected chi connectivity index (χ3v) is 6.30. The van der Waals surface area contributed by atoms with Gasteiger partial charge in [-0.25, -0.2) is 19.9 Å². The number of benzene rings is 2. The van der Waals surface area contributed by atoms with Crippen LogP contribution < -0.4 is 0 Å². The molecule has 0 amide bonds. The predicted molar refractivity (Wildman–Crippen MR) is 201 cm³/mol. The van der Waals surface area contributed by atoms with Gasteiger partial charge in [-0.15, -0.1) is 0 Å². The van der Waals surface area contributed by atoms with Crippen LogP contribution in [0.5, 0.6) is 0 Å². The summed E-state index contributed by atoms with van der Waals surface area (Å²) < 4.78 is 15.3. The second kappa shape index (κ2) is 20.8. The average molecular weight is 928 g/mol. The Bertz CT molecular complexity index is 2030. The lowest BCUT2D eigenvalue weighted by atomic mass is 10.2. The summed E-state index contributed by atoms with van der Waals surface area (Å²) in [6.45, 7) is 0. The molecule has 6 rings (SSSR count). The highest BCUT2D eigenvalue weighted by Crippen LogP contribution is 2.23. The molecular formula is C32H18I2N8O10. The summed E-state index contributed by atoms with van der Waals surface area (Å²) in [5.74, 6) is 6.65. The van der Waals surface area contributed by atoms with Crippen molar-refractivity contribution in [2.45, 2.75) is 0 Å². The summed E-state index contributed by atoms with van der Waals surface area (Å²) >= 11 is 3.50. The van der Waals surface area contributed by atoms with Crippen LogP contribution in [0.3, 0.4) is 0 Å². The number of nitro benzene ring substituents is 4. The van der Waals surface area contributed by atoms with Gasteiger partial charge in [0.15, 0.2) is 0 Å². The topological polar surface area (TPSA) is 250 Å². The molecule has 52 heavy (non-hydrogen) atoms. The van der Waals surface area contributed by atoms with Crippen molar-refractivity contribution in [3.8, 4) is 42.3 Å². The van der Waals surface area contributed by atoms with E-state index in [1.807, 2.05) is 24.3 Å². The molecule has 0 radical (unpaired) electrons. The van der Waals surface area contributed by atoms with Crippen LogP contribution in [0.2, 0.25) is 0 Å². The highest BCUT2D eigenvalue weighted by Gasteiger charge is 2.16. The predicted octanol–water partition coefficient (Wildman–Crippen LogP) is 7.97. The van der Waals surface area contributed by atoms with Crippen LogP contribution in [0.25, 0.3) is 22.6 Å². The molecule has 0 fully saturated rings. The van der Waals surface area contributed by atoms with E-state index in [1.165, 1.54) is 36.9 Å². The second-order valence-electron chi connectivity index (χ2n) is 9.15. The first-order chi connectivity index (χ1) is 25.0. The molecule has 0 atom stereocenters. The lowest BCUT2D eigenvalue weighted by Crippen LogP contribution is -1.93. The van der Waals surface area contributed by atoms with E-state index in [0.29, 0.717) is 0 Å². The minimum atomic E-state index is -0.689. The molecule has 0 saturated carbocycles. The van der Waals surface area contributed by atoms with E-state index in [9.17, 15) is 40.5 Å². The summed E-state index contributed by atoms with van der Waals surface area (Å²) in [7, 11) is 0. The molecule has 0 spiro atoms. The number of hydrogen-bond acceptors (Lipinski definition) is 14. The SMILES string of the molecule is O=[N+]([O-])c1cc(C#CI)cc([N+](=O)[O-])c1.O=[N+]([O-])c1cc(C#CI)cc([N+](=O)[O-])c1.c1coc(-c2cncnc2)c1.c1coc(-c2cncnc2)c1. The maximum atomic E-state index is 10.5. The van der Waals surface area contributed by atoms with Crippen molar-refractivity contribution in [2.75, 3.05) is 0 Å². The second-order valence-corrected chi connectivity index (χ2v) is 10.2. The summed E-state index contributed by atoms with van der Waals surface area (Å²) in [5, 5.41) is 41.9. The number of halogens is 2. The zero-order chi connectivity index (χ0) is 37.9. The van der Waals surface area contributed by atoms with E-state index >= 15 is 0 Å². The van der Waals surface area contributed by atoms with Crippen LogP contribution in [0.15, 0.2) is 119 Å². The van der Waals surface area contributed by atoms with E-state index in [2.05, 4.69) is 39.6 Å². The molecule has 0 aliphatic heterocycles. The Morgan fingerprint density at radius 1 is 0.519 bits per heavy atom. The molecule has 0 aliphatic rings. The number of nitrogens with zero attached hydrogens (tertiary/aromatic N) is 8. The lowest BCUT2D eigenvalue weighted by molar-refractivity contribution is -0.394. The van der Waals surface area contributed by atoms with Gasteiger partial charge in [0.05, 0.1) is 55.5 Å². The molecule has 4 aromatic heterocycles. The number of hydrogen-bond donors (Lipinski definition) is 0. The van der Waals surface area contributed by atoms with Crippen LogP contribution in [0, 0.1) is 60.2 Å². The summed E-state index contributed by atoms with van der Waals surface area (Å²) in [6, 6.07) is 14.0. The van der Waals surface area contributed by atoms with Crippen LogP contribution in [-0.2, 0) is 0 Å². The van der Waals surface area contributed by atoms with Gasteiger partial charge in [0, 0.05) is 105 Å². The van der Waals surface area contributed by atoms with Crippen LogP contribution in [0.4, 0.5) is 22.7 Å². The van der Waals surface area contributed by atoms with Crippen LogP contribution >= 0.6 is 45.2 Å². The van der Waals surface area contributed by atoms with E-state index in [0.717, 1.165) is 34.8 Å². The first-order valence-corrected chi connectivity index (χ1v) is 15.9. The molecule has 6 aromatic rings. The monoisotopic (exact) mass is 928 g/mol. The molecule has 0 saturated heterocycles. The fourth-order valence-electron chi connectivity index (χ4n) is 3.60. The zero-order valence-corrected chi connectivity index (χ0v) is 30.1. The van der Waals surface area contributed by atoms with Gasteiger partial charge in [-0.2, -0.15) is 0 Å². The van der Waals surface area contributed by atoms with Crippen LogP contribution in [-0.4, -0.2) is 39.6 Å². The molecule has 20 heteroatoms. The summed E-state index contributed by atoms with van der Waals surface area (Å²) in [5.41, 5.74) is 0.971. The Morgan fingerprint density at radius 2 is 0.827 bits per heavy atom. The van der Waals surface area contributed by atoms with Crippen molar-refractivity contribution < 1.29 is 28.5 Å². The molecule has 260 valence electrons. The van der Waals surface area contributed by atoms with Gasteiger partial charge >= 0.3 is 0 Å². The van der Waals surface area contributed by atoms with Crippen molar-refractivity contribution in [1.82, 2.24) is 19.9 Å².